The molecule has 1 saturated heterocycles. The van der Waals surface area contributed by atoms with Crippen molar-refractivity contribution < 1.29 is 9.50 Å². The number of hydrogen-bond donors (Lipinski definition) is 2. The van der Waals surface area contributed by atoms with E-state index >= 15 is 0 Å². The Hall–Kier alpha value is -1.63. The molecular weight excluding hydrogens is 253 g/mol. The maximum Gasteiger partial charge on any atom is 0.331 e. The number of likely N-dealkylation sites (tertiary alicyclic amines) is 1. The summed E-state index contributed by atoms with van der Waals surface area (Å²) in [6, 6.07) is -0.406. The van der Waals surface area contributed by atoms with E-state index in [2.05, 4.69) is 4.90 Å². The van der Waals surface area contributed by atoms with Crippen molar-refractivity contribution in [3.63, 3.8) is 0 Å². The summed E-state index contributed by atoms with van der Waals surface area (Å²) in [7, 11) is 0. The largest absolute Gasteiger partial charge is 0.492 e. The highest BCUT2D eigenvalue weighted by atomic mass is 19.1. The van der Waals surface area contributed by atoms with Crippen LogP contribution in [-0.2, 0) is 0 Å². The van der Waals surface area contributed by atoms with E-state index in [9.17, 15) is 19.1 Å². The predicted octanol–water partition coefficient (Wildman–Crippen LogP) is 0.428. The standard InChI is InChI=1S/C12H18FN3O3/c1-8(7-15-5-3-2-4-6-15)16-11(18)9(13)10(17)14-12(16)19/h8,18H,2-7H2,1H3,(H,14,17,19). The van der Waals surface area contributed by atoms with Crippen LogP contribution in [0.25, 0.3) is 0 Å². The molecule has 19 heavy (non-hydrogen) atoms. The van der Waals surface area contributed by atoms with Gasteiger partial charge in [-0.1, -0.05) is 6.42 Å². The van der Waals surface area contributed by atoms with Crippen molar-refractivity contribution in [3.05, 3.63) is 26.7 Å². The quantitative estimate of drug-likeness (QED) is 0.835. The summed E-state index contributed by atoms with van der Waals surface area (Å²) in [5.41, 5.74) is -1.97. The fourth-order valence-electron chi connectivity index (χ4n) is 2.52. The van der Waals surface area contributed by atoms with Gasteiger partial charge in [0.15, 0.2) is 0 Å². The summed E-state index contributed by atoms with van der Waals surface area (Å²) >= 11 is 0. The Balaban J connectivity index is 2.23. The van der Waals surface area contributed by atoms with Gasteiger partial charge >= 0.3 is 5.69 Å². The molecular formula is C12H18FN3O3. The van der Waals surface area contributed by atoms with Crippen LogP contribution in [0.15, 0.2) is 9.59 Å². The molecule has 0 amide bonds. The molecule has 0 radical (unpaired) electrons. The van der Waals surface area contributed by atoms with E-state index in [-0.39, 0.29) is 0 Å². The van der Waals surface area contributed by atoms with Crippen LogP contribution in [0.5, 0.6) is 5.88 Å². The molecule has 2 heterocycles. The summed E-state index contributed by atoms with van der Waals surface area (Å²) < 4.78 is 14.2. The number of halogens is 1. The SMILES string of the molecule is CC(CN1CCCCC1)n1c(O)c(F)c(=O)[nH]c1=O. The third-order valence-electron chi connectivity index (χ3n) is 3.48. The average Bonchev–Trinajstić information content (AvgIpc) is 2.37. The topological polar surface area (TPSA) is 78.3 Å². The molecule has 1 unspecified atom stereocenters. The zero-order chi connectivity index (χ0) is 14.0. The van der Waals surface area contributed by atoms with E-state index in [1.165, 1.54) is 6.42 Å². The Morgan fingerprint density at radius 3 is 2.58 bits per heavy atom. The molecule has 0 aromatic carbocycles. The highest BCUT2D eigenvalue weighted by molar-refractivity contribution is 5.10. The van der Waals surface area contributed by atoms with E-state index in [0.717, 1.165) is 30.5 Å². The maximum atomic E-state index is 13.3. The van der Waals surface area contributed by atoms with Gasteiger partial charge < -0.3 is 10.0 Å². The van der Waals surface area contributed by atoms with Crippen molar-refractivity contribution in [2.75, 3.05) is 19.6 Å². The van der Waals surface area contributed by atoms with Crippen LogP contribution in [0.4, 0.5) is 4.39 Å². The first-order chi connectivity index (χ1) is 9.00. The fraction of sp³-hybridized carbons (Fsp3) is 0.667. The first-order valence-electron chi connectivity index (χ1n) is 6.46. The molecule has 1 atom stereocenters. The first kappa shape index (κ1) is 13.8. The van der Waals surface area contributed by atoms with Gasteiger partial charge in [0, 0.05) is 6.54 Å². The molecule has 1 fully saturated rings. The van der Waals surface area contributed by atoms with Gasteiger partial charge in [0.2, 0.25) is 11.7 Å². The summed E-state index contributed by atoms with van der Waals surface area (Å²) in [6.45, 7) is 4.13. The molecule has 1 aromatic heterocycles. The molecule has 0 bridgehead atoms. The second-order valence-electron chi connectivity index (χ2n) is 4.98. The van der Waals surface area contributed by atoms with E-state index in [1.807, 2.05) is 4.98 Å². The molecule has 2 rings (SSSR count). The summed E-state index contributed by atoms with van der Waals surface area (Å²) in [4.78, 5) is 26.7. The minimum atomic E-state index is -1.31. The Kier molecular flexibility index (Phi) is 4.04. The molecule has 1 aliphatic heterocycles. The molecule has 0 spiro atoms. The number of H-pyrrole nitrogens is 1. The second-order valence-corrected chi connectivity index (χ2v) is 4.98. The van der Waals surface area contributed by atoms with Gasteiger partial charge in [0.25, 0.3) is 5.56 Å². The number of aromatic nitrogens is 2. The lowest BCUT2D eigenvalue weighted by molar-refractivity contribution is 0.192. The molecule has 2 N–H and O–H groups in total. The number of nitrogens with zero attached hydrogens (tertiary/aromatic N) is 2. The van der Waals surface area contributed by atoms with Gasteiger partial charge in [-0.2, -0.15) is 4.39 Å². The zero-order valence-electron chi connectivity index (χ0n) is 10.9. The minimum Gasteiger partial charge on any atom is -0.492 e. The van der Waals surface area contributed by atoms with Crippen molar-refractivity contribution in [1.82, 2.24) is 14.5 Å². The number of rotatable bonds is 3. The summed E-state index contributed by atoms with van der Waals surface area (Å²) in [5, 5.41) is 9.61. The normalized spacial score (nSPS) is 18.4. The van der Waals surface area contributed by atoms with Crippen molar-refractivity contribution in [2.24, 2.45) is 0 Å². The molecule has 7 heteroatoms. The van der Waals surface area contributed by atoms with E-state index in [1.54, 1.807) is 6.92 Å². The van der Waals surface area contributed by atoms with Gasteiger partial charge in [-0.3, -0.25) is 14.3 Å². The Morgan fingerprint density at radius 1 is 1.32 bits per heavy atom. The number of aromatic hydroxyl groups is 1. The molecule has 6 nitrogen and oxygen atoms in total. The Morgan fingerprint density at radius 2 is 1.95 bits per heavy atom. The Labute approximate surface area is 109 Å². The number of nitrogens with one attached hydrogen (secondary N) is 1. The van der Waals surface area contributed by atoms with Crippen LogP contribution in [0.2, 0.25) is 0 Å². The van der Waals surface area contributed by atoms with E-state index in [0.29, 0.717) is 6.54 Å². The summed E-state index contributed by atoms with van der Waals surface area (Å²) in [5.74, 6) is -2.21. The molecule has 1 aromatic rings. The fourth-order valence-corrected chi connectivity index (χ4v) is 2.52. The first-order valence-corrected chi connectivity index (χ1v) is 6.46. The predicted molar refractivity (Wildman–Crippen MR) is 67.9 cm³/mol. The Bertz CT molecular complexity index is 560. The summed E-state index contributed by atoms with van der Waals surface area (Å²) in [6.07, 6.45) is 3.41. The van der Waals surface area contributed by atoms with Crippen LogP contribution in [0, 0.1) is 5.82 Å². The van der Waals surface area contributed by atoms with Crippen LogP contribution < -0.4 is 11.2 Å². The monoisotopic (exact) mass is 271 g/mol. The second kappa shape index (κ2) is 5.56. The zero-order valence-corrected chi connectivity index (χ0v) is 10.9. The van der Waals surface area contributed by atoms with Crippen molar-refractivity contribution >= 4 is 0 Å². The smallest absolute Gasteiger partial charge is 0.331 e. The highest BCUT2D eigenvalue weighted by Crippen LogP contribution is 2.17. The van der Waals surface area contributed by atoms with E-state index in [4.69, 9.17) is 0 Å². The molecule has 0 aliphatic carbocycles. The highest BCUT2D eigenvalue weighted by Gasteiger charge is 2.21. The number of aromatic amines is 1. The molecule has 0 saturated carbocycles. The number of hydrogen-bond acceptors (Lipinski definition) is 4. The van der Waals surface area contributed by atoms with Crippen molar-refractivity contribution in [3.8, 4) is 5.88 Å². The third-order valence-corrected chi connectivity index (χ3v) is 3.48. The van der Waals surface area contributed by atoms with Crippen molar-refractivity contribution in [2.45, 2.75) is 32.2 Å². The van der Waals surface area contributed by atoms with E-state index < -0.39 is 29.0 Å². The molecule has 1 aliphatic rings. The van der Waals surface area contributed by atoms with Gasteiger partial charge in [0.05, 0.1) is 6.04 Å². The van der Waals surface area contributed by atoms with Gasteiger partial charge in [0.1, 0.15) is 0 Å². The van der Waals surface area contributed by atoms with Crippen molar-refractivity contribution in [1.29, 1.82) is 0 Å². The average molecular weight is 271 g/mol. The maximum absolute atomic E-state index is 13.3. The van der Waals surface area contributed by atoms with Crippen LogP contribution in [-0.4, -0.2) is 39.2 Å². The van der Waals surface area contributed by atoms with Gasteiger partial charge in [-0.15, -0.1) is 0 Å². The van der Waals surface area contributed by atoms with Crippen LogP contribution >= 0.6 is 0 Å². The van der Waals surface area contributed by atoms with Crippen LogP contribution in [0.3, 0.4) is 0 Å². The lowest BCUT2D eigenvalue weighted by Crippen LogP contribution is -2.39. The molecule has 106 valence electrons. The van der Waals surface area contributed by atoms with Crippen LogP contribution in [0.1, 0.15) is 32.2 Å². The lowest BCUT2D eigenvalue weighted by Gasteiger charge is -2.29. The van der Waals surface area contributed by atoms with Gasteiger partial charge in [-0.25, -0.2) is 4.79 Å². The third kappa shape index (κ3) is 2.86. The van der Waals surface area contributed by atoms with Gasteiger partial charge in [-0.05, 0) is 32.9 Å². The lowest BCUT2D eigenvalue weighted by atomic mass is 10.1. The number of piperidine rings is 1. The minimum absolute atomic E-state index is 0.406.